The van der Waals surface area contributed by atoms with Crippen molar-refractivity contribution >= 4 is 12.2 Å². The highest BCUT2D eigenvalue weighted by molar-refractivity contribution is 5.80. The van der Waals surface area contributed by atoms with Crippen molar-refractivity contribution in [2.24, 2.45) is 5.10 Å². The topological polar surface area (TPSA) is 103 Å². The molecular weight excluding hydrogens is 440 g/mol. The summed E-state index contributed by atoms with van der Waals surface area (Å²) >= 11 is 0. The Kier molecular flexibility index (Phi) is 6.70. The molecule has 0 amide bonds. The van der Waals surface area contributed by atoms with E-state index in [2.05, 4.69) is 20.5 Å². The lowest BCUT2D eigenvalue weighted by molar-refractivity contribution is 0.299. The highest BCUT2D eigenvalue weighted by atomic mass is 19.1. The monoisotopic (exact) mass is 457 g/mol. The Labute approximate surface area is 193 Å². The predicted molar refractivity (Wildman–Crippen MR) is 123 cm³/mol. The number of ether oxygens (including phenoxy) is 1. The van der Waals surface area contributed by atoms with Crippen LogP contribution in [-0.2, 0) is 6.61 Å². The van der Waals surface area contributed by atoms with E-state index < -0.39 is 17.2 Å². The van der Waals surface area contributed by atoms with E-state index >= 15 is 0 Å². The molecule has 0 atom stereocenters. The lowest BCUT2D eigenvalue weighted by atomic mass is 10.1. The fourth-order valence-corrected chi connectivity index (χ4v) is 3.09. The maximum absolute atomic E-state index is 13.8. The van der Waals surface area contributed by atoms with Crippen LogP contribution in [0, 0.1) is 23.0 Å². The van der Waals surface area contributed by atoms with Gasteiger partial charge in [-0.25, -0.2) is 19.2 Å². The van der Waals surface area contributed by atoms with Crippen molar-refractivity contribution in [1.29, 1.82) is 5.26 Å². The normalized spacial score (nSPS) is 10.7. The number of nitriles is 1. The van der Waals surface area contributed by atoms with Crippen LogP contribution in [-0.4, -0.2) is 16.2 Å². The molecule has 7 nitrogen and oxygen atoms in total. The zero-order chi connectivity index (χ0) is 23.9. The summed E-state index contributed by atoms with van der Waals surface area (Å²) < 4.78 is 32.4. The first-order chi connectivity index (χ1) is 16.5. The number of nitrogens with zero attached hydrogens (tertiary/aromatic N) is 3. The van der Waals surface area contributed by atoms with Crippen LogP contribution >= 0.6 is 0 Å². The van der Waals surface area contributed by atoms with Crippen molar-refractivity contribution in [2.75, 3.05) is 5.43 Å². The molecule has 0 bridgehead atoms. The minimum atomic E-state index is -0.680. The molecule has 1 heterocycles. The molecule has 4 aromatic rings. The molecule has 0 aliphatic carbocycles. The summed E-state index contributed by atoms with van der Waals surface area (Å²) in [6.07, 6.45) is 1.48. The van der Waals surface area contributed by atoms with Gasteiger partial charge in [-0.2, -0.15) is 10.4 Å². The van der Waals surface area contributed by atoms with E-state index in [4.69, 9.17) is 4.74 Å². The van der Waals surface area contributed by atoms with Crippen LogP contribution in [0.2, 0.25) is 0 Å². The number of aromatic amines is 1. The van der Waals surface area contributed by atoms with Gasteiger partial charge >= 0.3 is 0 Å². The molecule has 0 aliphatic rings. The fraction of sp³-hybridized carbons (Fsp3) is 0.0400. The molecule has 9 heteroatoms. The van der Waals surface area contributed by atoms with Gasteiger partial charge in [-0.3, -0.25) is 9.78 Å². The molecule has 4 rings (SSSR count). The van der Waals surface area contributed by atoms with Crippen LogP contribution < -0.4 is 15.7 Å². The number of hydrazone groups is 1. The lowest BCUT2D eigenvalue weighted by Gasteiger charge is -2.08. The van der Waals surface area contributed by atoms with Gasteiger partial charge < -0.3 is 4.74 Å². The zero-order valence-corrected chi connectivity index (χ0v) is 17.6. The average Bonchev–Trinajstić information content (AvgIpc) is 2.84. The van der Waals surface area contributed by atoms with Crippen molar-refractivity contribution in [3.63, 3.8) is 0 Å². The second-order valence-electron chi connectivity index (χ2n) is 7.08. The van der Waals surface area contributed by atoms with Gasteiger partial charge in [0.05, 0.1) is 11.9 Å². The van der Waals surface area contributed by atoms with Gasteiger partial charge in [0.15, 0.2) is 0 Å². The first-order valence-electron chi connectivity index (χ1n) is 10.1. The Hall–Kier alpha value is -4.84. The van der Waals surface area contributed by atoms with E-state index in [0.29, 0.717) is 16.9 Å². The van der Waals surface area contributed by atoms with Crippen molar-refractivity contribution < 1.29 is 13.5 Å². The summed E-state index contributed by atoms with van der Waals surface area (Å²) in [6.45, 7) is -0.0659. The molecule has 168 valence electrons. The lowest BCUT2D eigenvalue weighted by Crippen LogP contribution is -2.16. The molecule has 0 spiro atoms. The number of benzene rings is 3. The second kappa shape index (κ2) is 10.2. The molecule has 0 saturated carbocycles. The quantitative estimate of drug-likeness (QED) is 0.312. The van der Waals surface area contributed by atoms with Crippen LogP contribution in [0.5, 0.6) is 5.75 Å². The van der Waals surface area contributed by atoms with E-state index in [-0.39, 0.29) is 29.4 Å². The van der Waals surface area contributed by atoms with Crippen molar-refractivity contribution in [3.05, 3.63) is 111 Å². The predicted octanol–water partition coefficient (Wildman–Crippen LogP) is 4.61. The van der Waals surface area contributed by atoms with Gasteiger partial charge in [0.25, 0.3) is 5.56 Å². The molecule has 0 fully saturated rings. The summed E-state index contributed by atoms with van der Waals surface area (Å²) in [4.78, 5) is 19.1. The van der Waals surface area contributed by atoms with Gasteiger partial charge in [-0.1, -0.05) is 42.5 Å². The van der Waals surface area contributed by atoms with Crippen LogP contribution in [0.4, 0.5) is 14.7 Å². The number of hydrogen-bond acceptors (Lipinski definition) is 6. The van der Waals surface area contributed by atoms with Gasteiger partial charge in [-0.15, -0.1) is 0 Å². The minimum absolute atomic E-state index is 0.0659. The highest BCUT2D eigenvalue weighted by Gasteiger charge is 2.12. The Morgan fingerprint density at radius 2 is 1.91 bits per heavy atom. The summed E-state index contributed by atoms with van der Waals surface area (Å²) in [7, 11) is 0. The van der Waals surface area contributed by atoms with Crippen molar-refractivity contribution in [2.45, 2.75) is 6.61 Å². The van der Waals surface area contributed by atoms with Crippen LogP contribution in [0.25, 0.3) is 11.3 Å². The number of rotatable bonds is 7. The summed E-state index contributed by atoms with van der Waals surface area (Å²) in [5.41, 5.74) is 3.73. The highest BCUT2D eigenvalue weighted by Crippen LogP contribution is 2.20. The molecule has 34 heavy (non-hydrogen) atoms. The van der Waals surface area contributed by atoms with Crippen LogP contribution in [0.15, 0.2) is 82.7 Å². The molecular formula is C25H17F2N5O2. The SMILES string of the molecule is N#Cc1c(-c2ccccc2)nc(NN=Cc2cccc(OCc3ccc(F)cc3F)c2)[nH]c1=O. The number of halogens is 2. The van der Waals surface area contributed by atoms with E-state index in [1.165, 1.54) is 18.3 Å². The van der Waals surface area contributed by atoms with Gasteiger partial charge in [-0.05, 0) is 29.8 Å². The molecule has 3 aromatic carbocycles. The fourth-order valence-electron chi connectivity index (χ4n) is 3.09. The zero-order valence-electron chi connectivity index (χ0n) is 17.6. The largest absolute Gasteiger partial charge is 0.489 e. The smallest absolute Gasteiger partial charge is 0.270 e. The molecule has 0 unspecified atom stereocenters. The molecule has 0 radical (unpaired) electrons. The van der Waals surface area contributed by atoms with E-state index in [1.807, 2.05) is 12.1 Å². The van der Waals surface area contributed by atoms with E-state index in [0.717, 1.165) is 6.07 Å². The first-order valence-corrected chi connectivity index (χ1v) is 10.1. The molecule has 2 N–H and O–H groups in total. The third kappa shape index (κ3) is 5.31. The third-order valence-electron chi connectivity index (χ3n) is 4.73. The Morgan fingerprint density at radius 3 is 2.68 bits per heavy atom. The Bertz CT molecular complexity index is 1450. The van der Waals surface area contributed by atoms with E-state index in [1.54, 1.807) is 48.5 Å². The summed E-state index contributed by atoms with van der Waals surface area (Å²) in [6, 6.07) is 20.9. The third-order valence-corrected chi connectivity index (χ3v) is 4.73. The summed E-state index contributed by atoms with van der Waals surface area (Å²) in [5, 5.41) is 13.4. The van der Waals surface area contributed by atoms with Gasteiger partial charge in [0, 0.05) is 17.2 Å². The van der Waals surface area contributed by atoms with E-state index in [9.17, 15) is 18.8 Å². The van der Waals surface area contributed by atoms with Crippen LogP contribution in [0.1, 0.15) is 16.7 Å². The van der Waals surface area contributed by atoms with Gasteiger partial charge in [0.1, 0.15) is 35.6 Å². The minimum Gasteiger partial charge on any atom is -0.489 e. The molecule has 0 saturated heterocycles. The Morgan fingerprint density at radius 1 is 1.09 bits per heavy atom. The van der Waals surface area contributed by atoms with Gasteiger partial charge in [0.2, 0.25) is 5.95 Å². The number of nitrogens with one attached hydrogen (secondary N) is 2. The first kappa shape index (κ1) is 22.4. The molecule has 0 aliphatic heterocycles. The van der Waals surface area contributed by atoms with Crippen molar-refractivity contribution in [3.8, 4) is 23.1 Å². The number of aromatic nitrogens is 2. The standard InChI is InChI=1S/C25H17F2N5O2/c26-19-10-9-18(22(27)12-19)15-34-20-8-4-5-16(11-20)14-29-32-25-30-23(17-6-2-1-3-7-17)21(13-28)24(33)31-25/h1-12,14H,15H2,(H2,30,31,32,33). The summed E-state index contributed by atoms with van der Waals surface area (Å²) in [5.74, 6) is -0.802. The average molecular weight is 457 g/mol. The van der Waals surface area contributed by atoms with Crippen molar-refractivity contribution in [1.82, 2.24) is 9.97 Å². The second-order valence-corrected chi connectivity index (χ2v) is 7.08. The maximum atomic E-state index is 13.8. The number of H-pyrrole nitrogens is 1. The van der Waals surface area contributed by atoms with Crippen LogP contribution in [0.3, 0.4) is 0 Å². The number of hydrogen-bond donors (Lipinski definition) is 2. The Balaban J connectivity index is 1.47. The number of anilines is 1. The maximum Gasteiger partial charge on any atom is 0.270 e. The molecule has 1 aromatic heterocycles.